The molecule has 3 aromatic rings. The summed E-state index contributed by atoms with van der Waals surface area (Å²) in [6.07, 6.45) is 6.07. The number of nitrogens with one attached hydrogen (secondary N) is 1. The molecule has 0 aliphatic carbocycles. The van der Waals surface area contributed by atoms with Gasteiger partial charge >= 0.3 is 6.02 Å². The third-order valence-electron chi connectivity index (χ3n) is 6.70. The molecule has 2 aromatic carbocycles. The second-order valence-electron chi connectivity index (χ2n) is 9.58. The lowest BCUT2D eigenvalue weighted by Crippen LogP contribution is -2.43. The van der Waals surface area contributed by atoms with Crippen LogP contribution in [0.1, 0.15) is 39.5 Å². The summed E-state index contributed by atoms with van der Waals surface area (Å²) in [5, 5.41) is 3.01. The van der Waals surface area contributed by atoms with E-state index in [0.717, 1.165) is 49.4 Å². The Labute approximate surface area is 217 Å². The second kappa shape index (κ2) is 11.5. The van der Waals surface area contributed by atoms with Gasteiger partial charge in [0, 0.05) is 75.1 Å². The van der Waals surface area contributed by atoms with E-state index < -0.39 is 0 Å². The maximum atomic E-state index is 13.1. The molecule has 1 N–H and O–H groups in total. The predicted molar refractivity (Wildman–Crippen MR) is 146 cm³/mol. The van der Waals surface area contributed by atoms with E-state index in [2.05, 4.69) is 43.2 Å². The zero-order valence-electron chi connectivity index (χ0n) is 21.3. The third-order valence-corrected chi connectivity index (χ3v) is 6.70. The van der Waals surface area contributed by atoms with E-state index in [1.54, 1.807) is 6.20 Å². The Hall–Kier alpha value is -3.88. The van der Waals surface area contributed by atoms with Gasteiger partial charge in [-0.2, -0.15) is 0 Å². The van der Waals surface area contributed by atoms with Crippen LogP contribution in [0.4, 0.5) is 5.69 Å². The summed E-state index contributed by atoms with van der Waals surface area (Å²) in [6, 6.07) is 17.6. The number of hydrogen-bond acceptors (Lipinski definition) is 7. The molecule has 1 aromatic heterocycles. The van der Waals surface area contributed by atoms with Crippen molar-refractivity contribution < 1.29 is 9.53 Å². The number of benzene rings is 2. The van der Waals surface area contributed by atoms with E-state index in [4.69, 9.17) is 4.74 Å². The lowest BCUT2D eigenvalue weighted by molar-refractivity contribution is 0.102. The van der Waals surface area contributed by atoms with Gasteiger partial charge in [-0.1, -0.05) is 24.3 Å². The molecule has 0 radical (unpaired) electrons. The fraction of sp³-hybridized carbons (Fsp3) is 0.310. The Morgan fingerprint density at radius 3 is 2.76 bits per heavy atom. The highest BCUT2D eigenvalue weighted by atomic mass is 16.5. The number of nitrogens with zero attached hydrogens (tertiary/aromatic N) is 5. The van der Waals surface area contributed by atoms with Crippen molar-refractivity contribution in [1.29, 1.82) is 0 Å². The third kappa shape index (κ3) is 6.47. The number of hydrogen-bond donors (Lipinski definition) is 1. The van der Waals surface area contributed by atoms with Crippen LogP contribution in [0.3, 0.4) is 0 Å². The molecule has 1 unspecified atom stereocenters. The summed E-state index contributed by atoms with van der Waals surface area (Å²) < 4.78 is 6.05. The van der Waals surface area contributed by atoms with Crippen LogP contribution in [-0.4, -0.2) is 66.2 Å². The quantitative estimate of drug-likeness (QED) is 0.549. The number of ether oxygens (including phenoxy) is 1. The van der Waals surface area contributed by atoms with E-state index in [9.17, 15) is 4.79 Å². The maximum Gasteiger partial charge on any atom is 0.317 e. The number of anilines is 1. The van der Waals surface area contributed by atoms with Gasteiger partial charge in [0.1, 0.15) is 5.75 Å². The molecule has 1 saturated heterocycles. The van der Waals surface area contributed by atoms with Gasteiger partial charge in [0.15, 0.2) is 0 Å². The normalized spacial score (nSPS) is 18.3. The van der Waals surface area contributed by atoms with Crippen molar-refractivity contribution in [2.45, 2.75) is 25.9 Å². The highest BCUT2D eigenvalue weighted by Crippen LogP contribution is 2.27. The fourth-order valence-electron chi connectivity index (χ4n) is 4.45. The minimum Gasteiger partial charge on any atom is -0.424 e. The standard InChI is InChI=1S/C29H32N6O2/c1-21-8-9-25(18-27(21)37-29-31-12-10-26(33-29)24-7-4-11-30-19-24)32-28(36)23-6-3-5-22(17-23)20-35-15-13-34(2)14-16-35/h3-9,11-12,17-19,26H,10,13-16,20H2,1-2H3,(H,32,36). The van der Waals surface area contributed by atoms with Gasteiger partial charge in [0.2, 0.25) is 0 Å². The van der Waals surface area contributed by atoms with E-state index in [0.29, 0.717) is 29.4 Å². The zero-order chi connectivity index (χ0) is 25.6. The number of amidine groups is 1. The van der Waals surface area contributed by atoms with Crippen molar-refractivity contribution >= 4 is 23.8 Å². The molecule has 0 bridgehead atoms. The van der Waals surface area contributed by atoms with E-state index in [1.165, 1.54) is 0 Å². The molecule has 8 nitrogen and oxygen atoms in total. The Morgan fingerprint density at radius 1 is 1.08 bits per heavy atom. The molecule has 1 amide bonds. The molecule has 8 heteroatoms. The smallest absolute Gasteiger partial charge is 0.317 e. The monoisotopic (exact) mass is 496 g/mol. The van der Waals surface area contributed by atoms with Crippen LogP contribution in [0.15, 0.2) is 77.0 Å². The molecule has 37 heavy (non-hydrogen) atoms. The lowest BCUT2D eigenvalue weighted by Gasteiger charge is -2.32. The number of pyridine rings is 1. The van der Waals surface area contributed by atoms with Crippen LogP contribution in [0.25, 0.3) is 0 Å². The minimum absolute atomic E-state index is 0.0810. The minimum atomic E-state index is -0.153. The van der Waals surface area contributed by atoms with Crippen LogP contribution >= 0.6 is 0 Å². The van der Waals surface area contributed by atoms with Crippen molar-refractivity contribution in [2.24, 2.45) is 9.98 Å². The highest BCUT2D eigenvalue weighted by molar-refractivity contribution is 6.04. The molecule has 0 saturated carbocycles. The Bertz CT molecular complexity index is 1300. The summed E-state index contributed by atoms with van der Waals surface area (Å²) >= 11 is 0. The Balaban J connectivity index is 1.25. The average molecular weight is 497 g/mol. The molecule has 2 aliphatic heterocycles. The van der Waals surface area contributed by atoms with Gasteiger partial charge in [0.05, 0.1) is 6.04 Å². The van der Waals surface area contributed by atoms with E-state index in [-0.39, 0.29) is 11.9 Å². The number of aryl methyl sites for hydroxylation is 1. The average Bonchev–Trinajstić information content (AvgIpc) is 2.93. The highest BCUT2D eigenvalue weighted by Gasteiger charge is 2.18. The molecule has 1 fully saturated rings. The van der Waals surface area contributed by atoms with Gasteiger partial charge < -0.3 is 15.0 Å². The van der Waals surface area contributed by atoms with Gasteiger partial charge in [-0.3, -0.25) is 14.7 Å². The summed E-state index contributed by atoms with van der Waals surface area (Å²) in [5.41, 5.74) is 4.37. The molecule has 3 heterocycles. The first-order chi connectivity index (χ1) is 18.0. The fourth-order valence-corrected chi connectivity index (χ4v) is 4.45. The predicted octanol–water partition coefficient (Wildman–Crippen LogP) is 4.34. The molecular formula is C29H32N6O2. The summed E-state index contributed by atoms with van der Waals surface area (Å²) in [5.74, 6) is 0.448. The van der Waals surface area contributed by atoms with Crippen molar-refractivity contribution in [2.75, 3.05) is 38.5 Å². The number of likely N-dealkylation sites (N-methyl/N-ethyl adjacent to an activating group) is 1. The number of aromatic nitrogens is 1. The van der Waals surface area contributed by atoms with Gasteiger partial charge in [-0.25, -0.2) is 9.98 Å². The van der Waals surface area contributed by atoms with E-state index in [1.807, 2.05) is 67.9 Å². The number of piperazine rings is 1. The molecular weight excluding hydrogens is 464 g/mol. The Kier molecular flexibility index (Phi) is 7.67. The van der Waals surface area contributed by atoms with Crippen molar-refractivity contribution in [3.63, 3.8) is 0 Å². The molecule has 0 spiro atoms. The number of aliphatic imine (C=N–C) groups is 2. The van der Waals surface area contributed by atoms with Crippen LogP contribution in [0.5, 0.6) is 5.75 Å². The zero-order valence-corrected chi connectivity index (χ0v) is 21.3. The summed E-state index contributed by atoms with van der Waals surface area (Å²) in [7, 11) is 2.15. The number of amides is 1. The van der Waals surface area contributed by atoms with Crippen molar-refractivity contribution in [3.05, 3.63) is 89.2 Å². The van der Waals surface area contributed by atoms with Crippen LogP contribution in [-0.2, 0) is 6.54 Å². The summed E-state index contributed by atoms with van der Waals surface area (Å²) in [6.45, 7) is 7.02. The summed E-state index contributed by atoms with van der Waals surface area (Å²) in [4.78, 5) is 31.0. The first-order valence-electron chi connectivity index (χ1n) is 12.6. The molecule has 5 rings (SSSR count). The van der Waals surface area contributed by atoms with E-state index >= 15 is 0 Å². The molecule has 2 aliphatic rings. The SMILES string of the molecule is Cc1ccc(NC(=O)c2cccc(CN3CCN(C)CC3)c2)cc1OC1=NC(c2cccnc2)CC=N1. The van der Waals surface area contributed by atoms with Crippen molar-refractivity contribution in [3.8, 4) is 5.75 Å². The molecule has 190 valence electrons. The van der Waals surface area contributed by atoms with Crippen LogP contribution in [0, 0.1) is 6.92 Å². The van der Waals surface area contributed by atoms with Crippen molar-refractivity contribution in [1.82, 2.24) is 14.8 Å². The van der Waals surface area contributed by atoms with Gasteiger partial charge in [0.25, 0.3) is 5.91 Å². The number of carbonyl (C=O) groups excluding carboxylic acids is 1. The lowest BCUT2D eigenvalue weighted by atomic mass is 10.1. The molecule has 1 atom stereocenters. The van der Waals surface area contributed by atoms with Crippen LogP contribution < -0.4 is 10.1 Å². The first-order valence-corrected chi connectivity index (χ1v) is 12.6. The van der Waals surface area contributed by atoms with Gasteiger partial charge in [-0.15, -0.1) is 0 Å². The number of rotatable bonds is 6. The topological polar surface area (TPSA) is 82.4 Å². The number of carbonyl (C=O) groups is 1. The maximum absolute atomic E-state index is 13.1. The van der Waals surface area contributed by atoms with Crippen LogP contribution in [0.2, 0.25) is 0 Å². The van der Waals surface area contributed by atoms with Gasteiger partial charge in [-0.05, 0) is 54.9 Å². The first kappa shape index (κ1) is 24.8. The largest absolute Gasteiger partial charge is 0.424 e. The second-order valence-corrected chi connectivity index (χ2v) is 9.58. The Morgan fingerprint density at radius 2 is 1.95 bits per heavy atom.